The van der Waals surface area contributed by atoms with Crippen LogP contribution in [0.5, 0.6) is 0 Å². The van der Waals surface area contributed by atoms with Gasteiger partial charge in [-0.2, -0.15) is 4.98 Å². The molecule has 0 amide bonds. The van der Waals surface area contributed by atoms with Crippen LogP contribution in [0.3, 0.4) is 0 Å². The van der Waals surface area contributed by atoms with Gasteiger partial charge in [0.05, 0.1) is 0 Å². The number of hydrogen-bond donors (Lipinski definition) is 1. The van der Waals surface area contributed by atoms with E-state index in [4.69, 9.17) is 15.0 Å². The Bertz CT molecular complexity index is 341. The van der Waals surface area contributed by atoms with Crippen molar-refractivity contribution < 1.29 is 9.26 Å². The van der Waals surface area contributed by atoms with Crippen molar-refractivity contribution in [2.75, 3.05) is 13.7 Å². The minimum absolute atomic E-state index is 0.284. The molecule has 0 radical (unpaired) electrons. The predicted octanol–water partition coefficient (Wildman–Crippen LogP) is 1.23. The second-order valence-electron chi connectivity index (χ2n) is 4.61. The summed E-state index contributed by atoms with van der Waals surface area (Å²) in [6, 6.07) is 0. The van der Waals surface area contributed by atoms with Gasteiger partial charge in [0.25, 0.3) is 0 Å². The lowest BCUT2D eigenvalue weighted by Crippen LogP contribution is -2.37. The van der Waals surface area contributed by atoms with E-state index in [-0.39, 0.29) is 5.60 Å². The van der Waals surface area contributed by atoms with Crippen LogP contribution in [0.1, 0.15) is 37.9 Å². The van der Waals surface area contributed by atoms with Gasteiger partial charge >= 0.3 is 0 Å². The van der Waals surface area contributed by atoms with E-state index in [1.165, 1.54) is 0 Å². The van der Waals surface area contributed by atoms with Crippen LogP contribution in [0.25, 0.3) is 0 Å². The number of hydrogen-bond acceptors (Lipinski definition) is 5. The van der Waals surface area contributed by atoms with Gasteiger partial charge in [-0.05, 0) is 31.7 Å². The van der Waals surface area contributed by atoms with Crippen LogP contribution in [-0.4, -0.2) is 23.8 Å². The van der Waals surface area contributed by atoms with Crippen molar-refractivity contribution in [2.24, 2.45) is 11.7 Å². The van der Waals surface area contributed by atoms with Gasteiger partial charge in [-0.15, -0.1) is 0 Å². The number of rotatable bonds is 5. The minimum atomic E-state index is -0.284. The van der Waals surface area contributed by atoms with Crippen molar-refractivity contribution in [3.63, 3.8) is 0 Å². The topological polar surface area (TPSA) is 74.2 Å². The molecule has 1 heterocycles. The molecule has 1 atom stereocenters. The van der Waals surface area contributed by atoms with Gasteiger partial charge in [0.15, 0.2) is 0 Å². The summed E-state index contributed by atoms with van der Waals surface area (Å²) in [5, 5.41) is 4.02. The van der Waals surface area contributed by atoms with E-state index in [1.807, 2.05) is 0 Å². The molecule has 2 rings (SSSR count). The first-order valence-corrected chi connectivity index (χ1v) is 5.78. The van der Waals surface area contributed by atoms with Gasteiger partial charge in [0.2, 0.25) is 11.7 Å². The first-order valence-electron chi connectivity index (χ1n) is 5.78. The standard InChI is InChI=1S/C11H19N3O2/c1-8(7-12)6-9-13-10(14-16-9)11(15-2)4-3-5-11/h8H,3-7,12H2,1-2H3. The maximum absolute atomic E-state index is 5.56. The fourth-order valence-electron chi connectivity index (χ4n) is 1.92. The van der Waals surface area contributed by atoms with Gasteiger partial charge < -0.3 is 15.0 Å². The maximum atomic E-state index is 5.56. The van der Waals surface area contributed by atoms with Gasteiger partial charge in [0, 0.05) is 13.5 Å². The smallest absolute Gasteiger partial charge is 0.227 e. The molecule has 0 bridgehead atoms. The zero-order chi connectivity index (χ0) is 11.6. The lowest BCUT2D eigenvalue weighted by molar-refractivity contribution is -0.0858. The predicted molar refractivity (Wildman–Crippen MR) is 58.8 cm³/mol. The molecule has 0 aromatic carbocycles. The molecule has 1 fully saturated rings. The number of nitrogens with two attached hydrogens (primary N) is 1. The number of nitrogens with zero attached hydrogens (tertiary/aromatic N) is 2. The summed E-state index contributed by atoms with van der Waals surface area (Å²) in [5.74, 6) is 1.73. The Hall–Kier alpha value is -0.940. The molecular formula is C11H19N3O2. The van der Waals surface area contributed by atoms with Gasteiger partial charge in [-0.25, -0.2) is 0 Å². The summed E-state index contributed by atoms with van der Waals surface area (Å²) in [6.45, 7) is 2.70. The van der Waals surface area contributed by atoms with Crippen LogP contribution in [0.15, 0.2) is 4.52 Å². The van der Waals surface area contributed by atoms with E-state index in [1.54, 1.807) is 7.11 Å². The number of aromatic nitrogens is 2. The zero-order valence-electron chi connectivity index (χ0n) is 9.90. The maximum Gasteiger partial charge on any atom is 0.227 e. The molecule has 0 spiro atoms. The Morgan fingerprint density at radius 2 is 2.31 bits per heavy atom. The Labute approximate surface area is 95.3 Å². The lowest BCUT2D eigenvalue weighted by atomic mass is 9.79. The second kappa shape index (κ2) is 4.51. The summed E-state index contributed by atoms with van der Waals surface area (Å²) in [4.78, 5) is 4.40. The molecule has 0 aliphatic heterocycles. The Kier molecular flexibility index (Phi) is 3.25. The van der Waals surface area contributed by atoms with Crippen molar-refractivity contribution in [3.05, 3.63) is 11.7 Å². The molecule has 90 valence electrons. The Morgan fingerprint density at radius 1 is 1.56 bits per heavy atom. The van der Waals surface area contributed by atoms with Crippen LogP contribution in [0.4, 0.5) is 0 Å². The quantitative estimate of drug-likeness (QED) is 0.815. The van der Waals surface area contributed by atoms with E-state index in [0.717, 1.165) is 25.7 Å². The second-order valence-corrected chi connectivity index (χ2v) is 4.61. The largest absolute Gasteiger partial charge is 0.370 e. The highest BCUT2D eigenvalue weighted by atomic mass is 16.5. The Balaban J connectivity index is 2.07. The minimum Gasteiger partial charge on any atom is -0.370 e. The molecule has 0 saturated heterocycles. The van der Waals surface area contributed by atoms with E-state index >= 15 is 0 Å². The van der Waals surface area contributed by atoms with Crippen molar-refractivity contribution >= 4 is 0 Å². The molecule has 1 aromatic heterocycles. The normalized spacial score (nSPS) is 20.4. The first-order chi connectivity index (χ1) is 7.70. The summed E-state index contributed by atoms with van der Waals surface area (Å²) in [5.41, 5.74) is 5.28. The fourth-order valence-corrected chi connectivity index (χ4v) is 1.92. The van der Waals surface area contributed by atoms with E-state index in [2.05, 4.69) is 17.1 Å². The van der Waals surface area contributed by atoms with Crippen LogP contribution < -0.4 is 5.73 Å². The molecule has 1 aromatic rings. The van der Waals surface area contributed by atoms with Gasteiger partial charge in [-0.3, -0.25) is 0 Å². The van der Waals surface area contributed by atoms with Crippen molar-refractivity contribution in [1.82, 2.24) is 10.1 Å². The average molecular weight is 225 g/mol. The highest BCUT2D eigenvalue weighted by Gasteiger charge is 2.43. The molecule has 1 saturated carbocycles. The van der Waals surface area contributed by atoms with E-state index < -0.39 is 0 Å². The van der Waals surface area contributed by atoms with Crippen LogP contribution >= 0.6 is 0 Å². The van der Waals surface area contributed by atoms with Crippen LogP contribution in [0, 0.1) is 5.92 Å². The molecule has 1 aliphatic carbocycles. The molecule has 5 heteroatoms. The third kappa shape index (κ3) is 1.97. The SMILES string of the molecule is COC1(c2noc(CC(C)CN)n2)CCC1. The highest BCUT2D eigenvalue weighted by Crippen LogP contribution is 2.42. The van der Waals surface area contributed by atoms with E-state index in [9.17, 15) is 0 Å². The van der Waals surface area contributed by atoms with Crippen molar-refractivity contribution in [3.8, 4) is 0 Å². The highest BCUT2D eigenvalue weighted by molar-refractivity contribution is 5.06. The third-order valence-electron chi connectivity index (χ3n) is 3.35. The van der Waals surface area contributed by atoms with Crippen LogP contribution in [-0.2, 0) is 16.8 Å². The third-order valence-corrected chi connectivity index (χ3v) is 3.35. The van der Waals surface area contributed by atoms with Gasteiger partial charge in [-0.1, -0.05) is 12.1 Å². The number of methoxy groups -OCH3 is 1. The van der Waals surface area contributed by atoms with Crippen molar-refractivity contribution in [2.45, 2.75) is 38.2 Å². The molecule has 2 N–H and O–H groups in total. The molecule has 1 unspecified atom stereocenters. The van der Waals surface area contributed by atoms with Crippen molar-refractivity contribution in [1.29, 1.82) is 0 Å². The molecule has 1 aliphatic rings. The van der Waals surface area contributed by atoms with Gasteiger partial charge in [0.1, 0.15) is 5.60 Å². The monoisotopic (exact) mass is 225 g/mol. The number of ether oxygens (including phenoxy) is 1. The zero-order valence-corrected chi connectivity index (χ0v) is 9.90. The summed E-state index contributed by atoms with van der Waals surface area (Å²) < 4.78 is 10.7. The molecule has 5 nitrogen and oxygen atoms in total. The summed E-state index contributed by atoms with van der Waals surface area (Å²) in [6.07, 6.45) is 3.87. The summed E-state index contributed by atoms with van der Waals surface area (Å²) >= 11 is 0. The first kappa shape index (κ1) is 11.5. The molecular weight excluding hydrogens is 206 g/mol. The van der Waals surface area contributed by atoms with E-state index in [0.29, 0.717) is 24.2 Å². The Morgan fingerprint density at radius 3 is 2.81 bits per heavy atom. The summed E-state index contributed by atoms with van der Waals surface area (Å²) in [7, 11) is 1.71. The average Bonchev–Trinajstić information content (AvgIpc) is 2.66. The fraction of sp³-hybridized carbons (Fsp3) is 0.818. The molecule has 16 heavy (non-hydrogen) atoms. The van der Waals surface area contributed by atoms with Crippen LogP contribution in [0.2, 0.25) is 0 Å². The lowest BCUT2D eigenvalue weighted by Gasteiger charge is -2.37.